The van der Waals surface area contributed by atoms with E-state index in [0.29, 0.717) is 6.07 Å². The SMILES string of the molecule is C[C@@H]1C(=O)O[C@H]2[C@H]1CC[C@]1(C)Cc3sc(NS(=O)(=O)c4ccc(F)cc4F)nc3[C@@H](C)[C@H]21. The fourth-order valence-corrected chi connectivity index (χ4v) is 8.55. The number of ether oxygens (including phenoxy) is 1. The minimum atomic E-state index is -4.26. The van der Waals surface area contributed by atoms with Gasteiger partial charge in [0, 0.05) is 28.7 Å². The molecule has 2 aromatic rings. The molecular weight excluding hydrogens is 458 g/mol. The van der Waals surface area contributed by atoms with Gasteiger partial charge in [-0.25, -0.2) is 22.2 Å². The van der Waals surface area contributed by atoms with E-state index >= 15 is 0 Å². The smallest absolute Gasteiger partial charge is 0.309 e. The number of aromatic nitrogens is 1. The number of fused-ring (bicyclic) bond motifs is 4. The van der Waals surface area contributed by atoms with Gasteiger partial charge in [-0.2, -0.15) is 0 Å². The fourth-order valence-electron chi connectivity index (χ4n) is 5.99. The average molecular weight is 483 g/mol. The summed E-state index contributed by atoms with van der Waals surface area (Å²) in [4.78, 5) is 17.2. The lowest BCUT2D eigenvalue weighted by Crippen LogP contribution is -2.50. The number of sulfonamides is 1. The number of carbonyl (C=O) groups excluding carboxylic acids is 1. The molecule has 0 radical (unpaired) electrons. The molecule has 0 unspecified atom stereocenters. The van der Waals surface area contributed by atoms with E-state index < -0.39 is 26.6 Å². The van der Waals surface area contributed by atoms with E-state index in [-0.39, 0.29) is 46.3 Å². The Morgan fingerprint density at radius 3 is 2.72 bits per heavy atom. The summed E-state index contributed by atoms with van der Waals surface area (Å²) in [6.07, 6.45) is 2.45. The van der Waals surface area contributed by atoms with Gasteiger partial charge in [-0.3, -0.25) is 9.52 Å². The molecule has 0 amide bonds. The second kappa shape index (κ2) is 7.21. The highest BCUT2D eigenvalue weighted by Crippen LogP contribution is 2.59. The minimum absolute atomic E-state index is 0.0216. The summed E-state index contributed by atoms with van der Waals surface area (Å²) in [6.45, 7) is 6.19. The van der Waals surface area contributed by atoms with Gasteiger partial charge in [-0.15, -0.1) is 11.3 Å². The van der Waals surface area contributed by atoms with Crippen LogP contribution in [0.25, 0.3) is 0 Å². The zero-order valence-corrected chi connectivity index (χ0v) is 19.5. The van der Waals surface area contributed by atoms with Crippen LogP contribution >= 0.6 is 11.3 Å². The molecular formula is C22H24F2N2O4S2. The second-order valence-electron chi connectivity index (χ2n) is 9.55. The number of nitrogens with zero attached hydrogens (tertiary/aromatic N) is 1. The van der Waals surface area contributed by atoms with E-state index in [4.69, 9.17) is 4.74 Å². The predicted octanol–water partition coefficient (Wildman–Crippen LogP) is 4.48. The molecule has 0 bridgehead atoms. The number of halogens is 2. The fraction of sp³-hybridized carbons (Fsp3) is 0.545. The number of anilines is 1. The molecule has 1 saturated heterocycles. The number of hydrogen-bond acceptors (Lipinski definition) is 6. The maximum absolute atomic E-state index is 14.1. The molecule has 0 spiro atoms. The largest absolute Gasteiger partial charge is 0.461 e. The highest BCUT2D eigenvalue weighted by atomic mass is 32.2. The van der Waals surface area contributed by atoms with E-state index in [2.05, 4.69) is 23.6 Å². The summed E-state index contributed by atoms with van der Waals surface area (Å²) in [5, 5.41) is 0.154. The Hall–Kier alpha value is -2.07. The normalized spacial score (nSPS) is 33.8. The first-order valence-corrected chi connectivity index (χ1v) is 13.0. The summed E-state index contributed by atoms with van der Waals surface area (Å²) >= 11 is 1.24. The highest BCUT2D eigenvalue weighted by molar-refractivity contribution is 7.93. The lowest BCUT2D eigenvalue weighted by atomic mass is 9.54. The maximum Gasteiger partial charge on any atom is 0.309 e. The Balaban J connectivity index is 1.46. The minimum Gasteiger partial charge on any atom is -0.461 e. The number of esters is 1. The first-order chi connectivity index (χ1) is 15.0. The molecule has 10 heteroatoms. The molecule has 1 saturated carbocycles. The molecule has 1 N–H and O–H groups in total. The van der Waals surface area contributed by atoms with Gasteiger partial charge >= 0.3 is 5.97 Å². The van der Waals surface area contributed by atoms with Crippen molar-refractivity contribution in [2.24, 2.45) is 23.2 Å². The molecule has 2 fully saturated rings. The van der Waals surface area contributed by atoms with Crippen molar-refractivity contribution in [3.8, 4) is 0 Å². The second-order valence-corrected chi connectivity index (χ2v) is 12.3. The average Bonchev–Trinajstić information content (AvgIpc) is 3.20. The van der Waals surface area contributed by atoms with Crippen LogP contribution in [0.15, 0.2) is 23.1 Å². The first-order valence-electron chi connectivity index (χ1n) is 10.7. The zero-order valence-electron chi connectivity index (χ0n) is 17.9. The number of thiazole rings is 1. The predicted molar refractivity (Wildman–Crippen MR) is 115 cm³/mol. The molecule has 1 aliphatic heterocycles. The summed E-state index contributed by atoms with van der Waals surface area (Å²) in [6, 6.07) is 2.34. The molecule has 172 valence electrons. The maximum atomic E-state index is 14.1. The Morgan fingerprint density at radius 2 is 2.00 bits per heavy atom. The molecule has 1 aromatic heterocycles. The highest BCUT2D eigenvalue weighted by Gasteiger charge is 2.58. The van der Waals surface area contributed by atoms with E-state index in [1.807, 2.05) is 6.92 Å². The van der Waals surface area contributed by atoms with Crippen LogP contribution < -0.4 is 4.72 Å². The van der Waals surface area contributed by atoms with Gasteiger partial charge < -0.3 is 4.74 Å². The molecule has 2 heterocycles. The van der Waals surface area contributed by atoms with Crippen molar-refractivity contribution < 1.29 is 26.7 Å². The Labute approximate surface area is 189 Å². The topological polar surface area (TPSA) is 85.4 Å². The van der Waals surface area contributed by atoms with Gasteiger partial charge in [0.25, 0.3) is 10.0 Å². The van der Waals surface area contributed by atoms with Crippen LogP contribution in [0.2, 0.25) is 0 Å². The molecule has 6 nitrogen and oxygen atoms in total. The Bertz CT molecular complexity index is 1210. The van der Waals surface area contributed by atoms with E-state index in [1.54, 1.807) is 0 Å². The third-order valence-electron chi connectivity index (χ3n) is 7.56. The number of carbonyl (C=O) groups is 1. The molecule has 3 aliphatic rings. The lowest BCUT2D eigenvalue weighted by Gasteiger charge is -2.51. The van der Waals surface area contributed by atoms with Gasteiger partial charge in [-0.1, -0.05) is 20.8 Å². The number of nitrogens with one attached hydrogen (secondary N) is 1. The Kier molecular flexibility index (Phi) is 4.91. The van der Waals surface area contributed by atoms with Crippen LogP contribution in [0.4, 0.5) is 13.9 Å². The van der Waals surface area contributed by atoms with Crippen molar-refractivity contribution in [3.63, 3.8) is 0 Å². The summed E-state index contributed by atoms with van der Waals surface area (Å²) in [7, 11) is -4.26. The van der Waals surface area contributed by atoms with Crippen molar-refractivity contribution in [2.45, 2.75) is 57.0 Å². The van der Waals surface area contributed by atoms with Crippen LogP contribution in [0.5, 0.6) is 0 Å². The Morgan fingerprint density at radius 1 is 1.25 bits per heavy atom. The van der Waals surface area contributed by atoms with E-state index in [1.165, 1.54) is 11.3 Å². The van der Waals surface area contributed by atoms with Crippen LogP contribution in [-0.2, 0) is 26.0 Å². The van der Waals surface area contributed by atoms with Gasteiger partial charge in [0.2, 0.25) is 0 Å². The molecule has 32 heavy (non-hydrogen) atoms. The standard InChI is InChI=1S/C22H24F2N2O4S2/c1-10-13-6-7-22(3)9-15-18(11(2)17(22)19(13)30-20(10)27)25-21(31-15)26-32(28,29)16-5-4-12(23)8-14(16)24/h4-5,8,10-11,13,17,19H,6-7,9H2,1-3H3,(H,25,26)/t10-,11-,13-,17+,19-,22+/m0/s1. The third-order valence-corrected chi connectivity index (χ3v) is 10.1. The van der Waals surface area contributed by atoms with Gasteiger partial charge in [0.05, 0.1) is 11.6 Å². The van der Waals surface area contributed by atoms with Gasteiger partial charge in [0.1, 0.15) is 22.6 Å². The van der Waals surface area contributed by atoms with Crippen molar-refractivity contribution in [2.75, 3.05) is 4.72 Å². The summed E-state index contributed by atoms with van der Waals surface area (Å²) in [5.74, 6) is -1.99. The van der Waals surface area contributed by atoms with Crippen molar-refractivity contribution in [1.29, 1.82) is 0 Å². The van der Waals surface area contributed by atoms with Crippen LogP contribution in [-0.4, -0.2) is 25.5 Å². The van der Waals surface area contributed by atoms with Gasteiger partial charge in [0.15, 0.2) is 5.13 Å². The summed E-state index contributed by atoms with van der Waals surface area (Å²) < 4.78 is 60.8. The van der Waals surface area contributed by atoms with Crippen molar-refractivity contribution in [1.82, 2.24) is 4.98 Å². The molecule has 6 atom stereocenters. The van der Waals surface area contributed by atoms with Crippen molar-refractivity contribution in [3.05, 3.63) is 40.4 Å². The van der Waals surface area contributed by atoms with Crippen LogP contribution in [0, 0.1) is 34.8 Å². The lowest BCUT2D eigenvalue weighted by molar-refractivity contribution is -0.149. The quantitative estimate of drug-likeness (QED) is 0.653. The summed E-state index contributed by atoms with van der Waals surface area (Å²) in [5.41, 5.74) is 0.718. The van der Waals surface area contributed by atoms with Crippen molar-refractivity contribution >= 4 is 32.5 Å². The molecule has 5 rings (SSSR count). The number of rotatable bonds is 3. The van der Waals surface area contributed by atoms with Crippen LogP contribution in [0.3, 0.4) is 0 Å². The monoisotopic (exact) mass is 482 g/mol. The number of benzene rings is 1. The van der Waals surface area contributed by atoms with Gasteiger partial charge in [-0.05, 0) is 36.8 Å². The van der Waals surface area contributed by atoms with E-state index in [9.17, 15) is 22.0 Å². The zero-order chi connectivity index (χ0) is 23.0. The first kappa shape index (κ1) is 21.8. The number of hydrogen-bond donors (Lipinski definition) is 1. The van der Waals surface area contributed by atoms with Crippen LogP contribution in [0.1, 0.15) is 50.1 Å². The van der Waals surface area contributed by atoms with E-state index in [0.717, 1.165) is 42.0 Å². The molecule has 1 aromatic carbocycles. The third kappa shape index (κ3) is 3.25. The molecule has 2 aliphatic carbocycles.